The Morgan fingerprint density at radius 2 is 1.57 bits per heavy atom. The molecule has 2 N–H and O–H groups in total. The van der Waals surface area contributed by atoms with E-state index in [2.05, 4.69) is 27.0 Å². The van der Waals surface area contributed by atoms with Crippen LogP contribution in [0.4, 0.5) is 5.82 Å². The molecule has 3 aromatic rings. The van der Waals surface area contributed by atoms with Crippen LogP contribution in [0.1, 0.15) is 5.56 Å². The highest BCUT2D eigenvalue weighted by atomic mass is 79.9. The van der Waals surface area contributed by atoms with Crippen LogP contribution in [-0.2, 0) is 0 Å². The normalized spacial score (nSPS) is 10.2. The van der Waals surface area contributed by atoms with Crippen molar-refractivity contribution >= 4 is 21.7 Å². The fourth-order valence-corrected chi connectivity index (χ4v) is 3.29. The topological polar surface area (TPSA) is 90.4 Å². The van der Waals surface area contributed by atoms with Crippen LogP contribution in [0.15, 0.2) is 46.9 Å². The number of nitrogens with two attached hydrogens (primary N) is 1. The van der Waals surface area contributed by atoms with Gasteiger partial charge in [-0.25, -0.2) is 4.98 Å². The van der Waals surface area contributed by atoms with E-state index >= 15 is 0 Å². The van der Waals surface area contributed by atoms with E-state index < -0.39 is 0 Å². The SMILES string of the molecule is COc1ccc(-c2cc(-c3cc(Br)ccc3OC)c(C#N)c(N)n2)cc1OC. The molecule has 0 aliphatic carbocycles. The van der Waals surface area contributed by atoms with Gasteiger partial charge < -0.3 is 19.9 Å². The quantitative estimate of drug-likeness (QED) is 0.621. The Kier molecular flexibility index (Phi) is 5.71. The van der Waals surface area contributed by atoms with Crippen LogP contribution in [0.25, 0.3) is 22.4 Å². The van der Waals surface area contributed by atoms with Crippen LogP contribution >= 0.6 is 15.9 Å². The molecule has 6 nitrogen and oxygen atoms in total. The number of hydrogen-bond donors (Lipinski definition) is 1. The van der Waals surface area contributed by atoms with E-state index in [1.807, 2.05) is 36.4 Å². The molecule has 0 spiro atoms. The van der Waals surface area contributed by atoms with E-state index in [0.29, 0.717) is 34.1 Å². The summed E-state index contributed by atoms with van der Waals surface area (Å²) in [6.45, 7) is 0. The number of nitrogens with zero attached hydrogens (tertiary/aromatic N) is 2. The number of ether oxygens (including phenoxy) is 3. The number of nitrogen functional groups attached to an aromatic ring is 1. The number of benzene rings is 2. The average molecular weight is 440 g/mol. The van der Waals surface area contributed by atoms with Gasteiger partial charge >= 0.3 is 0 Å². The van der Waals surface area contributed by atoms with E-state index in [1.54, 1.807) is 27.4 Å². The summed E-state index contributed by atoms with van der Waals surface area (Å²) in [4.78, 5) is 4.42. The van der Waals surface area contributed by atoms with Crippen molar-refractivity contribution < 1.29 is 14.2 Å². The number of rotatable bonds is 5. The summed E-state index contributed by atoms with van der Waals surface area (Å²) < 4.78 is 17.0. The summed E-state index contributed by atoms with van der Waals surface area (Å²) in [5, 5.41) is 9.65. The molecule has 28 heavy (non-hydrogen) atoms. The number of pyridine rings is 1. The predicted octanol–water partition coefficient (Wildman–Crippen LogP) is 4.66. The first kappa shape index (κ1) is 19.5. The van der Waals surface area contributed by atoms with Gasteiger partial charge in [-0.3, -0.25) is 0 Å². The molecule has 0 radical (unpaired) electrons. The summed E-state index contributed by atoms with van der Waals surface area (Å²) in [6, 6.07) is 15.0. The van der Waals surface area contributed by atoms with E-state index in [4.69, 9.17) is 19.9 Å². The van der Waals surface area contributed by atoms with Crippen molar-refractivity contribution in [2.45, 2.75) is 0 Å². The van der Waals surface area contributed by atoms with E-state index in [-0.39, 0.29) is 5.82 Å². The lowest BCUT2D eigenvalue weighted by atomic mass is 9.97. The maximum Gasteiger partial charge on any atom is 0.161 e. The summed E-state index contributed by atoms with van der Waals surface area (Å²) in [5.41, 5.74) is 9.18. The second kappa shape index (κ2) is 8.19. The molecule has 0 atom stereocenters. The van der Waals surface area contributed by atoms with E-state index in [0.717, 1.165) is 15.6 Å². The third-order valence-corrected chi connectivity index (χ3v) is 4.78. The van der Waals surface area contributed by atoms with Crippen LogP contribution in [0.5, 0.6) is 17.2 Å². The van der Waals surface area contributed by atoms with Gasteiger partial charge in [-0.15, -0.1) is 0 Å². The maximum absolute atomic E-state index is 9.65. The van der Waals surface area contributed by atoms with Gasteiger partial charge in [0.1, 0.15) is 23.2 Å². The Bertz CT molecular complexity index is 1080. The highest BCUT2D eigenvalue weighted by Crippen LogP contribution is 2.39. The number of halogens is 1. The Hall–Kier alpha value is -3.24. The second-order valence-electron chi connectivity index (χ2n) is 5.84. The number of aromatic nitrogens is 1. The van der Waals surface area contributed by atoms with Crippen molar-refractivity contribution in [1.82, 2.24) is 4.98 Å². The Morgan fingerprint density at radius 3 is 2.21 bits per heavy atom. The molecule has 0 unspecified atom stereocenters. The molecular weight excluding hydrogens is 422 g/mol. The van der Waals surface area contributed by atoms with Crippen molar-refractivity contribution in [3.8, 4) is 45.7 Å². The fraction of sp³-hybridized carbons (Fsp3) is 0.143. The van der Waals surface area contributed by atoms with Crippen molar-refractivity contribution in [1.29, 1.82) is 5.26 Å². The van der Waals surface area contributed by atoms with E-state index in [1.165, 1.54) is 0 Å². The number of nitriles is 1. The Labute approximate surface area is 171 Å². The van der Waals surface area contributed by atoms with Crippen molar-refractivity contribution in [2.24, 2.45) is 0 Å². The van der Waals surface area contributed by atoms with Gasteiger partial charge in [-0.2, -0.15) is 5.26 Å². The molecule has 142 valence electrons. The molecular formula is C21H18BrN3O3. The molecule has 0 aliphatic rings. The zero-order valence-electron chi connectivity index (χ0n) is 15.6. The van der Waals surface area contributed by atoms with Gasteiger partial charge in [0, 0.05) is 21.2 Å². The molecule has 1 heterocycles. The smallest absolute Gasteiger partial charge is 0.161 e. The highest BCUT2D eigenvalue weighted by Gasteiger charge is 2.18. The average Bonchev–Trinajstić information content (AvgIpc) is 2.72. The Morgan fingerprint density at radius 1 is 0.893 bits per heavy atom. The summed E-state index contributed by atoms with van der Waals surface area (Å²) in [6.07, 6.45) is 0. The predicted molar refractivity (Wildman–Crippen MR) is 112 cm³/mol. The summed E-state index contributed by atoms with van der Waals surface area (Å²) in [7, 11) is 4.73. The molecule has 1 aromatic heterocycles. The lowest BCUT2D eigenvalue weighted by Gasteiger charge is -2.14. The lowest BCUT2D eigenvalue weighted by molar-refractivity contribution is 0.355. The standard InChI is InChI=1S/C21H18BrN3O3/c1-26-18-7-5-13(22)9-15(18)14-10-17(25-21(24)16(14)11-23)12-4-6-19(27-2)20(8-12)28-3/h4-10H,1-3H3,(H2,24,25). The molecule has 0 saturated carbocycles. The van der Waals surface area contributed by atoms with Gasteiger partial charge in [0.05, 0.1) is 27.0 Å². The van der Waals surface area contributed by atoms with Gasteiger partial charge in [0.2, 0.25) is 0 Å². The zero-order chi connectivity index (χ0) is 20.3. The molecule has 7 heteroatoms. The molecule has 2 aromatic carbocycles. The summed E-state index contributed by atoms with van der Waals surface area (Å²) in [5.74, 6) is 1.96. The fourth-order valence-electron chi connectivity index (χ4n) is 2.93. The van der Waals surface area contributed by atoms with Crippen LogP contribution in [0, 0.1) is 11.3 Å². The minimum Gasteiger partial charge on any atom is -0.496 e. The molecule has 0 amide bonds. The van der Waals surface area contributed by atoms with Crippen molar-refractivity contribution in [3.05, 3.63) is 52.5 Å². The molecule has 0 bridgehead atoms. The summed E-state index contributed by atoms with van der Waals surface area (Å²) >= 11 is 3.47. The number of hydrogen-bond acceptors (Lipinski definition) is 6. The number of methoxy groups -OCH3 is 3. The monoisotopic (exact) mass is 439 g/mol. The molecule has 0 saturated heterocycles. The van der Waals surface area contributed by atoms with Crippen LogP contribution in [0.3, 0.4) is 0 Å². The third kappa shape index (κ3) is 3.59. The lowest BCUT2D eigenvalue weighted by Crippen LogP contribution is -2.01. The second-order valence-corrected chi connectivity index (χ2v) is 6.76. The van der Waals surface area contributed by atoms with Crippen LogP contribution < -0.4 is 19.9 Å². The van der Waals surface area contributed by atoms with Gasteiger partial charge in [-0.1, -0.05) is 15.9 Å². The van der Waals surface area contributed by atoms with Crippen LogP contribution in [0.2, 0.25) is 0 Å². The van der Waals surface area contributed by atoms with Gasteiger partial charge in [-0.05, 0) is 42.5 Å². The maximum atomic E-state index is 9.65. The first-order valence-corrected chi connectivity index (χ1v) is 9.08. The van der Waals surface area contributed by atoms with E-state index in [9.17, 15) is 5.26 Å². The minimum absolute atomic E-state index is 0.145. The third-order valence-electron chi connectivity index (χ3n) is 4.29. The van der Waals surface area contributed by atoms with Crippen molar-refractivity contribution in [3.63, 3.8) is 0 Å². The van der Waals surface area contributed by atoms with Gasteiger partial charge in [0.25, 0.3) is 0 Å². The zero-order valence-corrected chi connectivity index (χ0v) is 17.2. The Balaban J connectivity index is 2.26. The first-order valence-electron chi connectivity index (χ1n) is 8.29. The molecule has 3 rings (SSSR count). The minimum atomic E-state index is 0.145. The van der Waals surface area contributed by atoms with Crippen LogP contribution in [-0.4, -0.2) is 26.3 Å². The van der Waals surface area contributed by atoms with Gasteiger partial charge in [0.15, 0.2) is 11.5 Å². The first-order chi connectivity index (χ1) is 13.5. The molecule has 0 fully saturated rings. The molecule has 0 aliphatic heterocycles. The number of anilines is 1. The largest absolute Gasteiger partial charge is 0.496 e. The highest BCUT2D eigenvalue weighted by molar-refractivity contribution is 9.10. The van der Waals surface area contributed by atoms with Crippen molar-refractivity contribution in [2.75, 3.05) is 27.1 Å².